The van der Waals surface area contributed by atoms with Crippen LogP contribution < -0.4 is 5.32 Å². The molecule has 5 nitrogen and oxygen atoms in total. The van der Waals surface area contributed by atoms with E-state index < -0.39 is 23.2 Å². The molecule has 0 saturated heterocycles. The van der Waals surface area contributed by atoms with Crippen molar-refractivity contribution in [3.63, 3.8) is 0 Å². The first-order valence-corrected chi connectivity index (χ1v) is 9.78. The van der Waals surface area contributed by atoms with Crippen molar-refractivity contribution in [1.29, 1.82) is 5.26 Å². The molecule has 3 aromatic rings. The number of benzene rings is 1. The third-order valence-corrected chi connectivity index (χ3v) is 5.48. The average Bonchev–Trinajstić information content (AvgIpc) is 3.52. The van der Waals surface area contributed by atoms with E-state index in [9.17, 15) is 18.4 Å². The minimum Gasteiger partial charge on any atom is -0.365 e. The van der Waals surface area contributed by atoms with E-state index in [1.54, 1.807) is 6.92 Å². The number of pyridine rings is 1. The number of aryl methyl sites for hydroxylation is 2. The molecule has 1 saturated carbocycles. The van der Waals surface area contributed by atoms with Crippen LogP contribution in [0.15, 0.2) is 24.3 Å². The lowest BCUT2D eigenvalue weighted by Gasteiger charge is -2.16. The van der Waals surface area contributed by atoms with Crippen molar-refractivity contribution in [1.82, 2.24) is 15.0 Å². The van der Waals surface area contributed by atoms with Gasteiger partial charge in [0.05, 0.1) is 22.4 Å². The van der Waals surface area contributed by atoms with E-state index in [0.717, 1.165) is 30.2 Å². The monoisotopic (exact) mass is 411 g/mol. The Kier molecular flexibility index (Phi) is 5.06. The number of nitrogens with zero attached hydrogens (tertiary/aromatic N) is 4. The zero-order valence-corrected chi connectivity index (χ0v) is 16.6. The fourth-order valence-corrected chi connectivity index (χ4v) is 3.67. The van der Waals surface area contributed by atoms with Gasteiger partial charge in [-0.1, -0.05) is 25.1 Å². The lowest BCUT2D eigenvalue weighted by molar-refractivity contribution is 0.146. The SMILES string of the molecule is CCc1nc2nc(C)nc(NCc3cccc(C(F)F)c3F)c2cc1C1(C#N)CC1. The smallest absolute Gasteiger partial charge is 0.266 e. The standard InChI is InChI=1S/C22H20F3N5/c1-3-17-16(22(11-26)7-8-22)9-15-20(28-12(2)29-21(15)30-17)27-10-13-5-4-6-14(18(13)23)19(24)25/h4-6,9,19H,3,7-8,10H2,1-2H3,(H,27,28,29,30). The minimum atomic E-state index is -2.88. The Labute approximate surface area is 172 Å². The topological polar surface area (TPSA) is 74.5 Å². The number of halogens is 3. The van der Waals surface area contributed by atoms with E-state index in [-0.39, 0.29) is 12.1 Å². The number of fused-ring (bicyclic) bond motifs is 1. The van der Waals surface area contributed by atoms with Gasteiger partial charge < -0.3 is 5.32 Å². The van der Waals surface area contributed by atoms with Gasteiger partial charge in [-0.05, 0) is 37.8 Å². The van der Waals surface area contributed by atoms with Crippen LogP contribution in [-0.4, -0.2) is 15.0 Å². The highest BCUT2D eigenvalue weighted by Crippen LogP contribution is 2.49. The third kappa shape index (κ3) is 3.45. The molecule has 1 fully saturated rings. The third-order valence-electron chi connectivity index (χ3n) is 5.48. The molecule has 0 bridgehead atoms. The molecule has 0 amide bonds. The van der Waals surface area contributed by atoms with Crippen LogP contribution in [0, 0.1) is 24.1 Å². The summed E-state index contributed by atoms with van der Waals surface area (Å²) in [6.45, 7) is 3.69. The number of anilines is 1. The summed E-state index contributed by atoms with van der Waals surface area (Å²) in [5.74, 6) is -0.0106. The van der Waals surface area contributed by atoms with Crippen molar-refractivity contribution < 1.29 is 13.2 Å². The summed E-state index contributed by atoms with van der Waals surface area (Å²) in [5, 5.41) is 13.3. The summed E-state index contributed by atoms with van der Waals surface area (Å²) in [6.07, 6.45) is -0.645. The van der Waals surface area contributed by atoms with Crippen LogP contribution in [0.4, 0.5) is 19.0 Å². The van der Waals surface area contributed by atoms with Gasteiger partial charge in [0.15, 0.2) is 5.65 Å². The maximum atomic E-state index is 14.4. The number of rotatable bonds is 6. The largest absolute Gasteiger partial charge is 0.365 e. The highest BCUT2D eigenvalue weighted by Gasteiger charge is 2.46. The number of hydrogen-bond acceptors (Lipinski definition) is 5. The van der Waals surface area contributed by atoms with Crippen molar-refractivity contribution in [3.05, 3.63) is 58.3 Å². The molecule has 0 atom stereocenters. The number of hydrogen-bond donors (Lipinski definition) is 1. The van der Waals surface area contributed by atoms with E-state index in [2.05, 4.69) is 26.3 Å². The maximum absolute atomic E-state index is 14.4. The molecular formula is C22H20F3N5. The van der Waals surface area contributed by atoms with Crippen molar-refractivity contribution >= 4 is 16.9 Å². The van der Waals surface area contributed by atoms with Gasteiger partial charge in [-0.15, -0.1) is 0 Å². The molecule has 0 radical (unpaired) electrons. The predicted molar refractivity (Wildman–Crippen MR) is 107 cm³/mol. The zero-order valence-electron chi connectivity index (χ0n) is 16.6. The van der Waals surface area contributed by atoms with E-state index in [4.69, 9.17) is 0 Å². The molecule has 2 aromatic heterocycles. The molecule has 4 rings (SSSR count). The first-order chi connectivity index (χ1) is 14.4. The molecule has 0 spiro atoms. The van der Waals surface area contributed by atoms with Gasteiger partial charge in [-0.2, -0.15) is 5.26 Å². The average molecular weight is 411 g/mol. The van der Waals surface area contributed by atoms with Crippen LogP contribution in [0.1, 0.15) is 54.4 Å². The number of nitriles is 1. The molecule has 0 unspecified atom stereocenters. The molecule has 1 aliphatic carbocycles. The van der Waals surface area contributed by atoms with Gasteiger partial charge in [0, 0.05) is 17.8 Å². The van der Waals surface area contributed by atoms with E-state index >= 15 is 0 Å². The highest BCUT2D eigenvalue weighted by atomic mass is 19.3. The molecule has 1 aliphatic rings. The molecule has 1 N–H and O–H groups in total. The fraction of sp³-hybridized carbons (Fsp3) is 0.364. The molecule has 2 heterocycles. The van der Waals surface area contributed by atoms with Gasteiger partial charge in [0.2, 0.25) is 0 Å². The number of nitrogens with one attached hydrogen (secondary N) is 1. The molecule has 30 heavy (non-hydrogen) atoms. The predicted octanol–water partition coefficient (Wildman–Crippen LogP) is 5.14. The van der Waals surface area contributed by atoms with E-state index in [1.807, 2.05) is 13.0 Å². The second-order valence-corrected chi connectivity index (χ2v) is 7.50. The zero-order chi connectivity index (χ0) is 21.5. The number of alkyl halides is 2. The van der Waals surface area contributed by atoms with Crippen molar-refractivity contribution in [2.45, 2.75) is 51.5 Å². The summed E-state index contributed by atoms with van der Waals surface area (Å²) in [4.78, 5) is 13.5. The number of aromatic nitrogens is 3. The Balaban J connectivity index is 1.75. The van der Waals surface area contributed by atoms with Gasteiger partial charge in [-0.25, -0.2) is 28.1 Å². The fourth-order valence-electron chi connectivity index (χ4n) is 3.67. The quantitative estimate of drug-likeness (QED) is 0.608. The first kappa shape index (κ1) is 20.1. The molecule has 1 aromatic carbocycles. The molecule has 8 heteroatoms. The molecular weight excluding hydrogens is 391 g/mol. The second kappa shape index (κ2) is 7.56. The Hall–Kier alpha value is -3.21. The Bertz CT molecular complexity index is 1170. The summed E-state index contributed by atoms with van der Waals surface area (Å²) in [5.41, 5.74) is 1.17. The summed E-state index contributed by atoms with van der Waals surface area (Å²) in [7, 11) is 0. The maximum Gasteiger partial charge on any atom is 0.266 e. The van der Waals surface area contributed by atoms with E-state index in [0.29, 0.717) is 29.1 Å². The second-order valence-electron chi connectivity index (χ2n) is 7.50. The molecule has 154 valence electrons. The van der Waals surface area contributed by atoms with Crippen molar-refractivity contribution in [2.24, 2.45) is 0 Å². The highest BCUT2D eigenvalue weighted by molar-refractivity contribution is 5.87. The van der Waals surface area contributed by atoms with Gasteiger partial charge in [0.25, 0.3) is 6.43 Å². The van der Waals surface area contributed by atoms with Crippen LogP contribution in [-0.2, 0) is 18.4 Å². The van der Waals surface area contributed by atoms with Gasteiger partial charge in [-0.3, -0.25) is 0 Å². The first-order valence-electron chi connectivity index (χ1n) is 9.78. The van der Waals surface area contributed by atoms with Crippen LogP contribution in [0.5, 0.6) is 0 Å². The Morgan fingerprint density at radius 2 is 2.00 bits per heavy atom. The van der Waals surface area contributed by atoms with Crippen molar-refractivity contribution in [2.75, 3.05) is 5.32 Å². The van der Waals surface area contributed by atoms with Crippen molar-refractivity contribution in [3.8, 4) is 6.07 Å². The lowest BCUT2D eigenvalue weighted by atomic mass is 9.94. The van der Waals surface area contributed by atoms with E-state index in [1.165, 1.54) is 12.1 Å². The summed E-state index contributed by atoms with van der Waals surface area (Å²) in [6, 6.07) is 8.23. The normalized spacial score (nSPS) is 14.7. The van der Waals surface area contributed by atoms with Crippen LogP contribution in [0.25, 0.3) is 11.0 Å². The van der Waals surface area contributed by atoms with Crippen LogP contribution in [0.3, 0.4) is 0 Å². The summed E-state index contributed by atoms with van der Waals surface area (Å²) < 4.78 is 40.4. The van der Waals surface area contributed by atoms with Gasteiger partial charge in [0.1, 0.15) is 17.5 Å². The Morgan fingerprint density at radius 3 is 2.63 bits per heavy atom. The summed E-state index contributed by atoms with van der Waals surface area (Å²) >= 11 is 0. The Morgan fingerprint density at radius 1 is 1.23 bits per heavy atom. The lowest BCUT2D eigenvalue weighted by Crippen LogP contribution is -2.12. The molecule has 0 aliphatic heterocycles. The van der Waals surface area contributed by atoms with Gasteiger partial charge >= 0.3 is 0 Å². The van der Waals surface area contributed by atoms with Crippen LogP contribution in [0.2, 0.25) is 0 Å². The minimum absolute atomic E-state index is 0.0216. The van der Waals surface area contributed by atoms with Crippen LogP contribution >= 0.6 is 0 Å².